The number of aromatic amines is 1. The van der Waals surface area contributed by atoms with Crippen LogP contribution in [0.2, 0.25) is 0 Å². The summed E-state index contributed by atoms with van der Waals surface area (Å²) < 4.78 is 2.65. The number of nitrogens with one attached hydrogen (secondary N) is 1. The van der Waals surface area contributed by atoms with Crippen LogP contribution in [-0.2, 0) is 0 Å². The molecule has 0 aliphatic carbocycles. The van der Waals surface area contributed by atoms with Crippen molar-refractivity contribution in [3.05, 3.63) is 18.2 Å². The highest BCUT2D eigenvalue weighted by atomic mass is 15.1. The minimum Gasteiger partial charge on any atom is -0.247 e. The summed E-state index contributed by atoms with van der Waals surface area (Å²) in [6.45, 7) is 9.43. The van der Waals surface area contributed by atoms with Gasteiger partial charge in [0.05, 0.1) is 12.0 Å². The third-order valence-corrected chi connectivity index (χ3v) is 10.9. The van der Waals surface area contributed by atoms with Gasteiger partial charge in [0.25, 0.3) is 5.82 Å². The van der Waals surface area contributed by atoms with Crippen LogP contribution < -0.4 is 4.57 Å². The summed E-state index contributed by atoms with van der Waals surface area (Å²) in [5.41, 5.74) is 0. The Hall–Kier alpha value is -0.790. The summed E-state index contributed by atoms with van der Waals surface area (Å²) in [6.07, 6.45) is 54.6. The molecule has 0 radical (unpaired) electrons. The number of unbranched alkanes of at least 4 members (excludes halogenated alkanes) is 29. The molecule has 1 heterocycles. The van der Waals surface area contributed by atoms with Crippen LogP contribution in [0.1, 0.15) is 270 Å². The lowest BCUT2D eigenvalue weighted by molar-refractivity contribution is -0.727. The van der Waals surface area contributed by atoms with E-state index in [-0.39, 0.29) is 0 Å². The molecule has 0 aliphatic heterocycles. The molecule has 0 saturated carbocycles. The molecule has 0 amide bonds. The van der Waals surface area contributed by atoms with Crippen molar-refractivity contribution in [3.63, 3.8) is 0 Å². The molecule has 46 heavy (non-hydrogen) atoms. The van der Waals surface area contributed by atoms with Gasteiger partial charge in [-0.05, 0) is 32.6 Å². The fraction of sp³-hybridized carbons (Fsp3) is 0.932. The number of imidazole rings is 1. The highest BCUT2D eigenvalue weighted by Gasteiger charge is 2.25. The number of rotatable bonds is 37. The molecule has 0 aromatic carbocycles. The van der Waals surface area contributed by atoms with E-state index >= 15 is 0 Å². The van der Waals surface area contributed by atoms with Crippen molar-refractivity contribution >= 4 is 0 Å². The van der Waals surface area contributed by atoms with Crippen molar-refractivity contribution in [1.29, 1.82) is 0 Å². The molecule has 1 aromatic rings. The topological polar surface area (TPSA) is 19.7 Å². The maximum atomic E-state index is 3.76. The Morgan fingerprint density at radius 3 is 1.02 bits per heavy atom. The lowest BCUT2D eigenvalue weighted by Crippen LogP contribution is -2.41. The fourth-order valence-corrected chi connectivity index (χ4v) is 7.66. The number of H-pyrrole nitrogens is 1. The van der Waals surface area contributed by atoms with E-state index in [9.17, 15) is 0 Å². The van der Waals surface area contributed by atoms with E-state index in [0.717, 1.165) is 0 Å². The molecular weight excluding hydrogens is 556 g/mol. The van der Waals surface area contributed by atoms with Gasteiger partial charge in [0.15, 0.2) is 0 Å². The monoisotopic (exact) mass is 644 g/mol. The molecule has 1 aromatic heterocycles. The molecule has 1 N–H and O–H groups in total. The van der Waals surface area contributed by atoms with Crippen LogP contribution in [0.4, 0.5) is 0 Å². The number of hydrogen-bond acceptors (Lipinski definition) is 0. The van der Waals surface area contributed by atoms with Crippen molar-refractivity contribution in [1.82, 2.24) is 4.98 Å². The smallest absolute Gasteiger partial charge is 0.247 e. The molecule has 2 heteroatoms. The van der Waals surface area contributed by atoms with Crippen LogP contribution in [0.25, 0.3) is 0 Å². The summed E-state index contributed by atoms with van der Waals surface area (Å²) in [5, 5.41) is 0. The normalized spacial score (nSPS) is 13.0. The molecule has 2 atom stereocenters. The number of hydrogen-bond donors (Lipinski definition) is 1. The van der Waals surface area contributed by atoms with Gasteiger partial charge >= 0.3 is 0 Å². The maximum absolute atomic E-state index is 3.76. The van der Waals surface area contributed by atoms with Crippen LogP contribution >= 0.6 is 0 Å². The molecule has 0 fully saturated rings. The van der Waals surface area contributed by atoms with E-state index in [4.69, 9.17) is 0 Å². The van der Waals surface area contributed by atoms with Crippen molar-refractivity contribution in [2.24, 2.45) is 0 Å². The van der Waals surface area contributed by atoms with Crippen molar-refractivity contribution in [2.45, 2.75) is 264 Å². The van der Waals surface area contributed by atoms with Crippen molar-refractivity contribution < 1.29 is 4.57 Å². The summed E-state index contributed by atoms with van der Waals surface area (Å²) in [7, 11) is 0. The van der Waals surface area contributed by atoms with Gasteiger partial charge in [-0.2, -0.15) is 0 Å². The second-order valence-electron chi connectivity index (χ2n) is 15.4. The van der Waals surface area contributed by atoms with Crippen molar-refractivity contribution in [3.8, 4) is 0 Å². The second kappa shape index (κ2) is 34.1. The first-order valence-electron chi connectivity index (χ1n) is 21.8. The van der Waals surface area contributed by atoms with Gasteiger partial charge in [-0.25, -0.2) is 9.55 Å². The Balaban J connectivity index is 2.35. The third kappa shape index (κ3) is 25.3. The zero-order valence-electron chi connectivity index (χ0n) is 32.5. The summed E-state index contributed by atoms with van der Waals surface area (Å²) in [5.74, 6) is 2.25. The molecule has 2 unspecified atom stereocenters. The van der Waals surface area contributed by atoms with Gasteiger partial charge in [0, 0.05) is 0 Å². The van der Waals surface area contributed by atoms with Crippen LogP contribution in [0.3, 0.4) is 0 Å². The zero-order chi connectivity index (χ0) is 33.2. The molecule has 0 saturated heterocycles. The van der Waals surface area contributed by atoms with Crippen LogP contribution in [0, 0.1) is 0 Å². The van der Waals surface area contributed by atoms with Gasteiger partial charge < -0.3 is 0 Å². The van der Waals surface area contributed by atoms with E-state index in [1.54, 1.807) is 0 Å². The van der Waals surface area contributed by atoms with E-state index in [2.05, 4.69) is 49.6 Å². The standard InChI is InChI=1S/C44H86N2/c1-5-8-11-14-17-19-21-23-24-26-29-31-34-37-42(4)46-41-40-45-44(46)43(38-35-32-28-16-13-10-7-3)39-36-33-30-27-25-22-20-18-15-12-9-6-2/h40-43H,5-39H2,1-4H3/p+1. The molecule has 0 aliphatic rings. The molecule has 272 valence electrons. The van der Waals surface area contributed by atoms with E-state index < -0.39 is 0 Å². The van der Waals surface area contributed by atoms with Gasteiger partial charge in [-0.3, -0.25) is 0 Å². The highest BCUT2D eigenvalue weighted by Crippen LogP contribution is 2.27. The zero-order valence-corrected chi connectivity index (χ0v) is 32.5. The lowest BCUT2D eigenvalue weighted by Gasteiger charge is -2.17. The second-order valence-corrected chi connectivity index (χ2v) is 15.4. The first kappa shape index (κ1) is 43.2. The molecule has 0 bridgehead atoms. The molecule has 1 rings (SSSR count). The lowest BCUT2D eigenvalue weighted by atomic mass is 9.92. The van der Waals surface area contributed by atoms with Gasteiger partial charge in [-0.1, -0.05) is 220 Å². The minimum atomic E-state index is 0.618. The highest BCUT2D eigenvalue weighted by molar-refractivity contribution is 4.90. The first-order chi connectivity index (χ1) is 22.7. The van der Waals surface area contributed by atoms with Crippen LogP contribution in [0.5, 0.6) is 0 Å². The number of aromatic nitrogens is 2. The van der Waals surface area contributed by atoms with Crippen molar-refractivity contribution in [2.75, 3.05) is 0 Å². The van der Waals surface area contributed by atoms with Gasteiger partial charge in [0.2, 0.25) is 0 Å². The largest absolute Gasteiger partial charge is 0.257 e. The average molecular weight is 644 g/mol. The van der Waals surface area contributed by atoms with Crippen LogP contribution in [0.15, 0.2) is 12.4 Å². The van der Waals surface area contributed by atoms with Gasteiger partial charge in [0.1, 0.15) is 12.4 Å². The van der Waals surface area contributed by atoms with Crippen LogP contribution in [-0.4, -0.2) is 4.98 Å². The predicted molar refractivity (Wildman–Crippen MR) is 207 cm³/mol. The average Bonchev–Trinajstić information content (AvgIpc) is 3.56. The molecule has 0 spiro atoms. The Kier molecular flexibility index (Phi) is 32.0. The van der Waals surface area contributed by atoms with E-state index in [1.807, 2.05) is 0 Å². The molecular formula is C44H87N2+. The fourth-order valence-electron chi connectivity index (χ4n) is 7.66. The summed E-state index contributed by atoms with van der Waals surface area (Å²) in [6, 6.07) is 0.618. The molecule has 2 nitrogen and oxygen atoms in total. The summed E-state index contributed by atoms with van der Waals surface area (Å²) in [4.78, 5) is 3.76. The SMILES string of the molecule is CCCCCCCCCCCCCCCC(C)[n+]1cc[nH]c1C(CCCCCCCCC)CCCCCCCCCCCCCC. The van der Waals surface area contributed by atoms with E-state index in [0.29, 0.717) is 12.0 Å². The Bertz CT molecular complexity index is 709. The third-order valence-electron chi connectivity index (χ3n) is 10.9. The Morgan fingerprint density at radius 1 is 0.413 bits per heavy atom. The summed E-state index contributed by atoms with van der Waals surface area (Å²) >= 11 is 0. The maximum Gasteiger partial charge on any atom is 0.257 e. The van der Waals surface area contributed by atoms with Gasteiger partial charge in [-0.15, -0.1) is 0 Å². The Morgan fingerprint density at radius 2 is 0.696 bits per heavy atom. The Labute approximate surface area is 291 Å². The quantitative estimate of drug-likeness (QED) is 0.0550. The predicted octanol–water partition coefficient (Wildman–Crippen LogP) is 15.7. The number of nitrogens with zero attached hydrogens (tertiary/aromatic N) is 1. The first-order valence-corrected chi connectivity index (χ1v) is 21.8. The van der Waals surface area contributed by atoms with E-state index in [1.165, 1.54) is 231 Å². The minimum absolute atomic E-state index is 0.618.